The average Bonchev–Trinajstić information content (AvgIpc) is 3.14. The van der Waals surface area contributed by atoms with Crippen molar-refractivity contribution in [2.24, 2.45) is 0 Å². The summed E-state index contributed by atoms with van der Waals surface area (Å²) in [5.74, 6) is -0.0219. The van der Waals surface area contributed by atoms with Gasteiger partial charge in [-0.1, -0.05) is 73.3 Å². The van der Waals surface area contributed by atoms with Crippen LogP contribution < -0.4 is 14.4 Å². The molecule has 5 aromatic rings. The van der Waals surface area contributed by atoms with Crippen molar-refractivity contribution < 1.29 is 28.5 Å². The Hall–Kier alpha value is -6.34. The van der Waals surface area contributed by atoms with E-state index in [9.17, 15) is 9.59 Å². The molecule has 5 rings (SSSR count). The zero-order valence-corrected chi connectivity index (χ0v) is 30.2. The summed E-state index contributed by atoms with van der Waals surface area (Å²) < 4.78 is 21.9. The molecule has 0 heterocycles. The average molecular weight is 694 g/mol. The zero-order valence-electron chi connectivity index (χ0n) is 30.2. The van der Waals surface area contributed by atoms with Gasteiger partial charge in [0.15, 0.2) is 0 Å². The lowest BCUT2D eigenvalue weighted by Gasteiger charge is -2.26. The molecule has 2 atom stereocenters. The van der Waals surface area contributed by atoms with E-state index in [1.807, 2.05) is 48.5 Å². The van der Waals surface area contributed by atoms with Gasteiger partial charge in [0, 0.05) is 43.1 Å². The summed E-state index contributed by atoms with van der Waals surface area (Å²) in [4.78, 5) is 25.5. The minimum absolute atomic E-state index is 0.547. The highest BCUT2D eigenvalue weighted by Gasteiger charge is 2.15. The van der Waals surface area contributed by atoms with Gasteiger partial charge in [-0.15, -0.1) is 0 Å². The number of anilines is 3. The molecule has 0 spiro atoms. The molecule has 0 aliphatic rings. The van der Waals surface area contributed by atoms with Gasteiger partial charge in [-0.2, -0.15) is 0 Å². The minimum atomic E-state index is -0.783. The third-order valence-electron chi connectivity index (χ3n) is 8.34. The number of nitrogens with zero attached hydrogens (tertiary/aromatic N) is 1. The second-order valence-corrected chi connectivity index (χ2v) is 12.3. The molecule has 0 bridgehead atoms. The van der Waals surface area contributed by atoms with Gasteiger partial charge < -0.3 is 23.8 Å². The van der Waals surface area contributed by atoms with Crippen LogP contribution in [0.25, 0.3) is 11.6 Å². The summed E-state index contributed by atoms with van der Waals surface area (Å²) in [6.45, 7) is 16.5. The highest BCUT2D eigenvalue weighted by Crippen LogP contribution is 2.36. The van der Waals surface area contributed by atoms with Crippen LogP contribution in [-0.4, -0.2) is 24.5 Å². The van der Waals surface area contributed by atoms with E-state index >= 15 is 0 Å². The summed E-state index contributed by atoms with van der Waals surface area (Å²) in [5.41, 5.74) is 10.7. The second kappa shape index (κ2) is 17.1. The molecule has 0 saturated heterocycles. The van der Waals surface area contributed by atoms with Gasteiger partial charge in [-0.25, -0.2) is 9.59 Å². The Labute approximate surface area is 306 Å². The number of ether oxygens (including phenoxy) is 4. The highest BCUT2D eigenvalue weighted by molar-refractivity contribution is 5.92. The van der Waals surface area contributed by atoms with E-state index in [0.717, 1.165) is 51.5 Å². The molecular weight excluding hydrogens is 650 g/mol. The largest absolute Gasteiger partial charge is 0.455 e. The Morgan fingerprint density at radius 2 is 1.02 bits per heavy atom. The predicted octanol–water partition coefficient (Wildman–Crippen LogP) is 10.6. The Kier molecular flexibility index (Phi) is 12.1. The molecule has 0 aliphatic carbocycles. The molecule has 2 unspecified atom stereocenters. The van der Waals surface area contributed by atoms with Crippen LogP contribution in [0.3, 0.4) is 0 Å². The van der Waals surface area contributed by atoms with E-state index in [2.05, 4.69) is 112 Å². The van der Waals surface area contributed by atoms with Crippen molar-refractivity contribution in [3.8, 4) is 11.5 Å². The normalized spacial score (nSPS) is 11.7. The smallest absolute Gasteiger partial charge is 0.333 e. The van der Waals surface area contributed by atoms with E-state index in [1.54, 1.807) is 13.8 Å². The first-order chi connectivity index (χ1) is 25.0. The molecule has 0 fully saturated rings. The zero-order chi connectivity index (χ0) is 37.2. The van der Waals surface area contributed by atoms with Gasteiger partial charge in [0.25, 0.3) is 0 Å². The predicted molar refractivity (Wildman–Crippen MR) is 208 cm³/mol. The summed E-state index contributed by atoms with van der Waals surface area (Å²) in [7, 11) is 0. The molecule has 264 valence electrons. The lowest BCUT2D eigenvalue weighted by atomic mass is 9.95. The molecule has 52 heavy (non-hydrogen) atoms. The first-order valence-electron chi connectivity index (χ1n) is 17.0. The monoisotopic (exact) mass is 693 g/mol. The maximum Gasteiger partial charge on any atom is 0.333 e. The van der Waals surface area contributed by atoms with Crippen LogP contribution in [0.2, 0.25) is 0 Å². The Bertz CT molecular complexity index is 1970. The molecular formula is C45H43NO6. The molecule has 0 aliphatic heterocycles. The third kappa shape index (κ3) is 9.67. The third-order valence-corrected chi connectivity index (χ3v) is 8.34. The lowest BCUT2D eigenvalue weighted by Crippen LogP contribution is -2.19. The summed E-state index contributed by atoms with van der Waals surface area (Å²) in [6, 6.07) is 38.7. The number of rotatable bonds is 14. The van der Waals surface area contributed by atoms with E-state index in [1.165, 1.54) is 16.7 Å². The van der Waals surface area contributed by atoms with Crippen LogP contribution >= 0.6 is 0 Å². The molecule has 7 heteroatoms. The van der Waals surface area contributed by atoms with Crippen molar-refractivity contribution in [3.05, 3.63) is 174 Å². The number of esters is 2. The van der Waals surface area contributed by atoms with Gasteiger partial charge in [0.1, 0.15) is 11.5 Å². The van der Waals surface area contributed by atoms with Crippen molar-refractivity contribution >= 4 is 40.6 Å². The molecule has 7 nitrogen and oxygen atoms in total. The fourth-order valence-electron chi connectivity index (χ4n) is 5.51. The van der Waals surface area contributed by atoms with E-state index in [-0.39, 0.29) is 0 Å². The molecule has 5 aromatic carbocycles. The molecule has 0 N–H and O–H groups in total. The van der Waals surface area contributed by atoms with Crippen LogP contribution in [0.5, 0.6) is 11.5 Å². The van der Waals surface area contributed by atoms with Gasteiger partial charge in [0.05, 0.1) is 0 Å². The van der Waals surface area contributed by atoms with Gasteiger partial charge >= 0.3 is 11.9 Å². The number of carbonyl (C=O) groups is 2. The second-order valence-electron chi connectivity index (χ2n) is 12.3. The Morgan fingerprint density at radius 1 is 0.577 bits per heavy atom. The maximum atomic E-state index is 11.6. The van der Waals surface area contributed by atoms with Crippen LogP contribution in [0.4, 0.5) is 17.1 Å². The van der Waals surface area contributed by atoms with Crippen molar-refractivity contribution in [2.45, 2.75) is 47.2 Å². The molecule has 0 amide bonds. The Morgan fingerprint density at radius 3 is 1.46 bits per heavy atom. The lowest BCUT2D eigenvalue weighted by molar-refractivity contribution is -0.156. The van der Waals surface area contributed by atoms with E-state index in [4.69, 9.17) is 18.9 Å². The summed E-state index contributed by atoms with van der Waals surface area (Å²) in [5, 5.41) is 0. The highest BCUT2D eigenvalue weighted by atomic mass is 16.7. The first-order valence-corrected chi connectivity index (χ1v) is 17.0. The van der Waals surface area contributed by atoms with Crippen LogP contribution in [-0.2, 0) is 19.1 Å². The number of benzene rings is 5. The quantitative estimate of drug-likeness (QED) is 0.0496. The number of hydrogen-bond acceptors (Lipinski definition) is 7. The van der Waals surface area contributed by atoms with Crippen molar-refractivity contribution in [3.63, 3.8) is 0 Å². The van der Waals surface area contributed by atoms with E-state index in [0.29, 0.717) is 11.5 Å². The maximum absolute atomic E-state index is 11.6. The Balaban J connectivity index is 1.49. The summed E-state index contributed by atoms with van der Waals surface area (Å²) in [6.07, 6.45) is 2.76. The first kappa shape index (κ1) is 36.9. The minimum Gasteiger partial charge on any atom is -0.455 e. The van der Waals surface area contributed by atoms with Crippen molar-refractivity contribution in [1.29, 1.82) is 0 Å². The molecule has 0 aromatic heterocycles. The van der Waals surface area contributed by atoms with Gasteiger partial charge in [0.2, 0.25) is 12.6 Å². The SMILES string of the molecule is C=CC(=O)OC(C)Oc1ccc(C(=Cc2ccc(N(c3ccc(C)cc3)c3ccc(C)c(C)c3)cc2)c2ccc(OC(C)OC(=O)C=C)cc2)cc1. The van der Waals surface area contributed by atoms with Crippen LogP contribution in [0.1, 0.15) is 47.2 Å². The van der Waals surface area contributed by atoms with E-state index < -0.39 is 24.5 Å². The standard InChI is InChI=1S/C45H43NO6/c1-8-44(47)51-33(6)49-41-24-15-36(16-25-41)43(37-17-26-42(27-18-37)50-34(7)52-45(48)9-2)29-35-13-22-39(23-14-35)46(38-19-10-30(3)11-20-38)40-21-12-31(4)32(5)28-40/h8-29,33-34H,1-2H2,3-7H3. The van der Waals surface area contributed by atoms with Crippen molar-refractivity contribution in [2.75, 3.05) is 4.90 Å². The molecule has 0 radical (unpaired) electrons. The number of carbonyl (C=O) groups excluding carboxylic acids is 2. The number of aryl methyl sites for hydroxylation is 3. The topological polar surface area (TPSA) is 74.3 Å². The molecule has 0 saturated carbocycles. The van der Waals surface area contributed by atoms with Crippen LogP contribution in [0, 0.1) is 20.8 Å². The summed E-state index contributed by atoms with van der Waals surface area (Å²) >= 11 is 0. The fraction of sp³-hybridized carbons (Fsp3) is 0.156. The van der Waals surface area contributed by atoms with Crippen molar-refractivity contribution in [1.82, 2.24) is 0 Å². The van der Waals surface area contributed by atoms with Gasteiger partial charge in [-0.05, 0) is 121 Å². The number of hydrogen-bond donors (Lipinski definition) is 0. The fourth-order valence-corrected chi connectivity index (χ4v) is 5.51. The van der Waals surface area contributed by atoms with Gasteiger partial charge in [-0.3, -0.25) is 0 Å². The van der Waals surface area contributed by atoms with Crippen LogP contribution in [0.15, 0.2) is 141 Å².